The number of carbonyl (C=O) groups is 1. The maximum Gasteiger partial charge on any atom is 0.267 e. The molecule has 104 valence electrons. The van der Waals surface area contributed by atoms with Gasteiger partial charge in [0, 0.05) is 0 Å². The average molecular weight is 293 g/mol. The second-order valence-electron chi connectivity index (χ2n) is 4.16. The molecule has 4 nitrogen and oxygen atoms in total. The summed E-state index contributed by atoms with van der Waals surface area (Å²) in [5, 5.41) is 0. The van der Waals surface area contributed by atoms with Gasteiger partial charge in [0.1, 0.15) is 5.82 Å². The molecule has 2 rings (SSSR count). The van der Waals surface area contributed by atoms with Crippen molar-refractivity contribution < 1.29 is 17.6 Å². The number of nitrogens with one attached hydrogen (secondary N) is 1. The topological polar surface area (TPSA) is 63.2 Å². The van der Waals surface area contributed by atoms with Crippen molar-refractivity contribution in [3.8, 4) is 0 Å². The van der Waals surface area contributed by atoms with Crippen molar-refractivity contribution in [1.82, 2.24) is 4.72 Å². The van der Waals surface area contributed by atoms with Crippen molar-refractivity contribution in [3.63, 3.8) is 0 Å². The number of carbonyl (C=O) groups excluding carboxylic acids is 1. The molecular weight excluding hydrogens is 281 g/mol. The van der Waals surface area contributed by atoms with E-state index >= 15 is 0 Å². The average Bonchev–Trinajstić information content (AvgIpc) is 2.39. The van der Waals surface area contributed by atoms with Gasteiger partial charge in [-0.25, -0.2) is 17.5 Å². The lowest BCUT2D eigenvalue weighted by Gasteiger charge is -2.07. The summed E-state index contributed by atoms with van der Waals surface area (Å²) in [5.74, 6) is -2.08. The van der Waals surface area contributed by atoms with E-state index in [1.165, 1.54) is 18.2 Å². The summed E-state index contributed by atoms with van der Waals surface area (Å²) >= 11 is 0. The first-order chi connectivity index (χ1) is 9.48. The van der Waals surface area contributed by atoms with Crippen LogP contribution in [0, 0.1) is 5.82 Å². The second kappa shape index (κ2) is 5.83. The van der Waals surface area contributed by atoms with Crippen molar-refractivity contribution >= 4 is 15.9 Å². The van der Waals surface area contributed by atoms with E-state index in [4.69, 9.17) is 0 Å². The monoisotopic (exact) mass is 293 g/mol. The van der Waals surface area contributed by atoms with Gasteiger partial charge in [0.2, 0.25) is 10.0 Å². The maximum absolute atomic E-state index is 13.4. The standard InChI is InChI=1S/C14H12FNO3S/c15-13-9-5-4-8-12(13)14(17)16-20(18,19)10-11-6-2-1-3-7-11/h1-9H,10H2,(H,16,17). The number of hydrogen-bond donors (Lipinski definition) is 1. The summed E-state index contributed by atoms with van der Waals surface area (Å²) < 4.78 is 38.9. The van der Waals surface area contributed by atoms with Crippen molar-refractivity contribution in [1.29, 1.82) is 0 Å². The first-order valence-corrected chi connectivity index (χ1v) is 7.46. The number of sulfonamides is 1. The summed E-state index contributed by atoms with van der Waals surface area (Å²) in [7, 11) is -3.86. The van der Waals surface area contributed by atoms with Gasteiger partial charge in [0.25, 0.3) is 5.91 Å². The third-order valence-electron chi connectivity index (χ3n) is 2.57. The molecule has 1 amide bonds. The van der Waals surface area contributed by atoms with Gasteiger partial charge < -0.3 is 0 Å². The first kappa shape index (κ1) is 14.2. The van der Waals surface area contributed by atoms with Gasteiger partial charge in [0.15, 0.2) is 0 Å². The number of halogens is 1. The molecule has 0 radical (unpaired) electrons. The summed E-state index contributed by atoms with van der Waals surface area (Å²) in [6.07, 6.45) is 0. The molecule has 20 heavy (non-hydrogen) atoms. The van der Waals surface area contributed by atoms with Crippen molar-refractivity contribution in [2.45, 2.75) is 5.75 Å². The van der Waals surface area contributed by atoms with Gasteiger partial charge in [-0.3, -0.25) is 4.79 Å². The predicted octanol–water partition coefficient (Wildman–Crippen LogP) is 2.09. The number of amides is 1. The largest absolute Gasteiger partial charge is 0.268 e. The highest BCUT2D eigenvalue weighted by Crippen LogP contribution is 2.08. The summed E-state index contributed by atoms with van der Waals surface area (Å²) in [6, 6.07) is 13.6. The van der Waals surface area contributed by atoms with Gasteiger partial charge in [0.05, 0.1) is 11.3 Å². The minimum Gasteiger partial charge on any atom is -0.268 e. The van der Waals surface area contributed by atoms with Crippen LogP contribution in [0.5, 0.6) is 0 Å². The quantitative estimate of drug-likeness (QED) is 0.938. The fourth-order valence-corrected chi connectivity index (χ4v) is 2.77. The van der Waals surface area contributed by atoms with Crippen LogP contribution in [0.25, 0.3) is 0 Å². The Bertz CT molecular complexity index is 714. The molecule has 0 fully saturated rings. The van der Waals surface area contributed by atoms with Crippen LogP contribution in [0.2, 0.25) is 0 Å². The minimum absolute atomic E-state index is 0.302. The second-order valence-corrected chi connectivity index (χ2v) is 5.88. The molecule has 2 aromatic carbocycles. The SMILES string of the molecule is O=C(NS(=O)(=O)Cc1ccccc1)c1ccccc1F. The smallest absolute Gasteiger partial charge is 0.267 e. The number of benzene rings is 2. The number of hydrogen-bond acceptors (Lipinski definition) is 3. The van der Waals surface area contributed by atoms with E-state index in [2.05, 4.69) is 0 Å². The Labute approximate surface area is 116 Å². The zero-order chi connectivity index (χ0) is 14.6. The molecule has 6 heteroatoms. The summed E-state index contributed by atoms with van der Waals surface area (Å²) in [5.41, 5.74) is 0.241. The molecule has 0 saturated carbocycles. The van der Waals surface area contributed by atoms with Crippen molar-refractivity contribution in [2.75, 3.05) is 0 Å². The van der Waals surface area contributed by atoms with Crippen LogP contribution in [0.4, 0.5) is 4.39 Å². The van der Waals surface area contributed by atoms with E-state index in [0.29, 0.717) is 5.56 Å². The third kappa shape index (κ3) is 3.64. The normalized spacial score (nSPS) is 11.1. The zero-order valence-corrected chi connectivity index (χ0v) is 11.2. The maximum atomic E-state index is 13.4. The van der Waals surface area contributed by atoms with Gasteiger partial charge in [-0.2, -0.15) is 0 Å². The van der Waals surface area contributed by atoms with Gasteiger partial charge >= 0.3 is 0 Å². The van der Waals surface area contributed by atoms with Crippen molar-refractivity contribution in [3.05, 3.63) is 71.5 Å². The molecule has 0 heterocycles. The van der Waals surface area contributed by atoms with E-state index in [-0.39, 0.29) is 11.3 Å². The zero-order valence-electron chi connectivity index (χ0n) is 10.4. The highest BCUT2D eigenvalue weighted by molar-refractivity contribution is 7.89. The lowest BCUT2D eigenvalue weighted by Crippen LogP contribution is -2.32. The van der Waals surface area contributed by atoms with Gasteiger partial charge in [-0.1, -0.05) is 42.5 Å². The minimum atomic E-state index is -3.86. The molecule has 0 bridgehead atoms. The molecule has 0 saturated heterocycles. The van der Waals surface area contributed by atoms with Crippen LogP contribution >= 0.6 is 0 Å². The van der Waals surface area contributed by atoms with E-state index in [1.54, 1.807) is 30.3 Å². The molecule has 0 aliphatic rings. The van der Waals surface area contributed by atoms with Crippen LogP contribution in [0.3, 0.4) is 0 Å². The molecule has 1 N–H and O–H groups in total. The fraction of sp³-hybridized carbons (Fsp3) is 0.0714. The predicted molar refractivity (Wildman–Crippen MR) is 72.9 cm³/mol. The molecule has 0 atom stereocenters. The van der Waals surface area contributed by atoms with Gasteiger partial charge in [-0.15, -0.1) is 0 Å². The Morgan fingerprint density at radius 3 is 2.25 bits per heavy atom. The Hall–Kier alpha value is -2.21. The molecule has 0 aliphatic carbocycles. The lowest BCUT2D eigenvalue weighted by atomic mass is 10.2. The van der Waals surface area contributed by atoms with E-state index < -0.39 is 21.7 Å². The van der Waals surface area contributed by atoms with Crippen LogP contribution in [0.1, 0.15) is 15.9 Å². The lowest BCUT2D eigenvalue weighted by molar-refractivity contribution is 0.0977. The summed E-state index contributed by atoms with van der Waals surface area (Å²) in [4.78, 5) is 11.7. The van der Waals surface area contributed by atoms with E-state index in [9.17, 15) is 17.6 Å². The van der Waals surface area contributed by atoms with Crippen LogP contribution < -0.4 is 4.72 Å². The third-order valence-corrected chi connectivity index (χ3v) is 3.78. The highest BCUT2D eigenvalue weighted by Gasteiger charge is 2.18. The Morgan fingerprint density at radius 2 is 1.60 bits per heavy atom. The Balaban J connectivity index is 2.13. The Morgan fingerprint density at radius 1 is 1.00 bits per heavy atom. The fourth-order valence-electron chi connectivity index (χ4n) is 1.67. The van der Waals surface area contributed by atoms with Crippen molar-refractivity contribution in [2.24, 2.45) is 0 Å². The molecule has 2 aromatic rings. The van der Waals surface area contributed by atoms with Crippen LogP contribution in [-0.2, 0) is 15.8 Å². The first-order valence-electron chi connectivity index (χ1n) is 5.81. The molecular formula is C14H12FNO3S. The van der Waals surface area contributed by atoms with Crippen LogP contribution in [0.15, 0.2) is 54.6 Å². The van der Waals surface area contributed by atoms with Gasteiger partial charge in [-0.05, 0) is 17.7 Å². The molecule has 0 spiro atoms. The number of rotatable bonds is 4. The summed E-state index contributed by atoms with van der Waals surface area (Å²) in [6.45, 7) is 0. The molecule has 0 aliphatic heterocycles. The molecule has 0 unspecified atom stereocenters. The van der Waals surface area contributed by atoms with E-state index in [1.807, 2.05) is 4.72 Å². The highest BCUT2D eigenvalue weighted by atomic mass is 32.2. The molecule has 0 aromatic heterocycles. The van der Waals surface area contributed by atoms with E-state index in [0.717, 1.165) is 6.07 Å². The van der Waals surface area contributed by atoms with Crippen LogP contribution in [-0.4, -0.2) is 14.3 Å². The Kier molecular flexibility index (Phi) is 4.14.